The van der Waals surface area contributed by atoms with Gasteiger partial charge in [-0.3, -0.25) is 14.4 Å². The molecule has 1 atom stereocenters. The van der Waals surface area contributed by atoms with E-state index in [9.17, 15) is 14.4 Å². The minimum Gasteiger partial charge on any atom is -0.462 e. The van der Waals surface area contributed by atoms with Gasteiger partial charge in [-0.25, -0.2) is 0 Å². The second kappa shape index (κ2) is 53.5. The van der Waals surface area contributed by atoms with Gasteiger partial charge in [0.2, 0.25) is 0 Å². The molecule has 0 aliphatic rings. The summed E-state index contributed by atoms with van der Waals surface area (Å²) in [5.41, 5.74) is 0. The number of allylic oxidation sites excluding steroid dienone is 4. The van der Waals surface area contributed by atoms with Gasteiger partial charge in [0.25, 0.3) is 0 Å². The van der Waals surface area contributed by atoms with E-state index < -0.39 is 6.10 Å². The van der Waals surface area contributed by atoms with Gasteiger partial charge in [-0.15, -0.1) is 0 Å². The van der Waals surface area contributed by atoms with Crippen LogP contribution >= 0.6 is 0 Å². The fourth-order valence-corrected chi connectivity index (χ4v) is 8.37. The number of esters is 3. The first-order chi connectivity index (χ1) is 31.5. The summed E-state index contributed by atoms with van der Waals surface area (Å²) in [7, 11) is 0. The molecule has 0 aliphatic carbocycles. The zero-order valence-corrected chi connectivity index (χ0v) is 43.1. The summed E-state index contributed by atoms with van der Waals surface area (Å²) < 4.78 is 16.9. The van der Waals surface area contributed by atoms with E-state index in [1.54, 1.807) is 0 Å². The first-order valence-corrected chi connectivity index (χ1v) is 28.3. The van der Waals surface area contributed by atoms with E-state index in [2.05, 4.69) is 45.1 Å². The van der Waals surface area contributed by atoms with Crippen molar-refractivity contribution in [1.29, 1.82) is 0 Å². The molecular weight excluding hydrogens is 793 g/mol. The number of carbonyl (C=O) groups is 3. The van der Waals surface area contributed by atoms with E-state index >= 15 is 0 Å². The zero-order chi connectivity index (χ0) is 46.5. The highest BCUT2D eigenvalue weighted by atomic mass is 16.6. The Morgan fingerprint density at radius 1 is 0.297 bits per heavy atom. The highest BCUT2D eigenvalue weighted by Gasteiger charge is 2.19. The second-order valence-corrected chi connectivity index (χ2v) is 19.2. The van der Waals surface area contributed by atoms with E-state index in [0.29, 0.717) is 19.3 Å². The van der Waals surface area contributed by atoms with Crippen LogP contribution in [0.3, 0.4) is 0 Å². The summed E-state index contributed by atoms with van der Waals surface area (Å²) in [6.45, 7) is 6.66. The van der Waals surface area contributed by atoms with Crippen LogP contribution in [0.15, 0.2) is 24.3 Å². The lowest BCUT2D eigenvalue weighted by Crippen LogP contribution is -2.30. The molecule has 1 unspecified atom stereocenters. The molecule has 0 spiro atoms. The summed E-state index contributed by atoms with van der Waals surface area (Å²) >= 11 is 0. The molecule has 64 heavy (non-hydrogen) atoms. The molecule has 0 aromatic carbocycles. The quantitative estimate of drug-likeness (QED) is 0.0262. The molecule has 0 radical (unpaired) electrons. The van der Waals surface area contributed by atoms with Gasteiger partial charge in [0.05, 0.1) is 0 Å². The van der Waals surface area contributed by atoms with E-state index in [-0.39, 0.29) is 31.1 Å². The van der Waals surface area contributed by atoms with Crippen LogP contribution in [-0.2, 0) is 28.6 Å². The third kappa shape index (κ3) is 50.9. The minimum atomic E-state index is -0.773. The largest absolute Gasteiger partial charge is 0.462 e. The molecule has 6 nitrogen and oxygen atoms in total. The SMILES string of the molecule is CCCCCCC/C=C\CCCCCCCC(=O)OCC(COC(=O)CCCCCCC/C=C\CCCCCCCCC)OC(=O)CCCCCCCCCCCCCCCCCC. The lowest BCUT2D eigenvalue weighted by Gasteiger charge is -2.18. The molecule has 0 fully saturated rings. The minimum absolute atomic E-state index is 0.0741. The van der Waals surface area contributed by atoms with Crippen molar-refractivity contribution < 1.29 is 28.6 Å². The van der Waals surface area contributed by atoms with E-state index in [1.807, 2.05) is 0 Å². The lowest BCUT2D eigenvalue weighted by atomic mass is 10.0. The van der Waals surface area contributed by atoms with Crippen molar-refractivity contribution >= 4 is 17.9 Å². The lowest BCUT2D eigenvalue weighted by molar-refractivity contribution is -0.167. The molecule has 0 heterocycles. The molecule has 0 N–H and O–H groups in total. The normalized spacial score (nSPS) is 12.1. The van der Waals surface area contributed by atoms with Crippen molar-refractivity contribution in [3.8, 4) is 0 Å². The van der Waals surface area contributed by atoms with Crippen molar-refractivity contribution in [2.24, 2.45) is 0 Å². The third-order valence-electron chi connectivity index (χ3n) is 12.7. The predicted molar refractivity (Wildman–Crippen MR) is 275 cm³/mol. The summed E-state index contributed by atoms with van der Waals surface area (Å²) in [4.78, 5) is 38.1. The number of hydrogen-bond acceptors (Lipinski definition) is 6. The van der Waals surface area contributed by atoms with E-state index in [4.69, 9.17) is 14.2 Å². The van der Waals surface area contributed by atoms with Gasteiger partial charge in [0.1, 0.15) is 13.2 Å². The molecule has 0 saturated carbocycles. The summed E-state index contributed by atoms with van der Waals surface area (Å²) in [6, 6.07) is 0. The number of hydrogen-bond donors (Lipinski definition) is 0. The third-order valence-corrected chi connectivity index (χ3v) is 12.7. The Kier molecular flexibility index (Phi) is 51.7. The van der Waals surface area contributed by atoms with Gasteiger partial charge in [-0.2, -0.15) is 0 Å². The Balaban J connectivity index is 4.35. The Morgan fingerprint density at radius 3 is 0.781 bits per heavy atom. The summed E-state index contributed by atoms with van der Waals surface area (Å²) in [5, 5.41) is 0. The van der Waals surface area contributed by atoms with E-state index in [1.165, 1.54) is 199 Å². The maximum absolute atomic E-state index is 12.8. The van der Waals surface area contributed by atoms with Crippen molar-refractivity contribution in [3.05, 3.63) is 24.3 Å². The molecule has 6 heteroatoms. The smallest absolute Gasteiger partial charge is 0.306 e. The summed E-state index contributed by atoms with van der Waals surface area (Å²) in [5.74, 6) is -0.871. The number of carbonyl (C=O) groups excluding carboxylic acids is 3. The molecule has 0 amide bonds. The predicted octanol–water partition coefficient (Wildman–Crippen LogP) is 18.7. The van der Waals surface area contributed by atoms with Gasteiger partial charge >= 0.3 is 17.9 Å². The van der Waals surface area contributed by atoms with Gasteiger partial charge < -0.3 is 14.2 Å². The summed E-state index contributed by atoms with van der Waals surface area (Å²) in [6.07, 6.45) is 61.6. The maximum atomic E-state index is 12.8. The number of ether oxygens (including phenoxy) is 3. The van der Waals surface area contributed by atoms with Crippen LogP contribution in [0.5, 0.6) is 0 Å². The second-order valence-electron chi connectivity index (χ2n) is 19.2. The van der Waals surface area contributed by atoms with E-state index in [0.717, 1.165) is 70.6 Å². The fourth-order valence-electron chi connectivity index (χ4n) is 8.37. The average molecular weight is 901 g/mol. The molecule has 376 valence electrons. The van der Waals surface area contributed by atoms with Crippen LogP contribution in [0.4, 0.5) is 0 Å². The van der Waals surface area contributed by atoms with Crippen molar-refractivity contribution in [2.75, 3.05) is 13.2 Å². The molecule has 0 aromatic rings. The van der Waals surface area contributed by atoms with Crippen LogP contribution in [0.2, 0.25) is 0 Å². The molecular formula is C58H108O6. The van der Waals surface area contributed by atoms with Crippen LogP contribution in [0, 0.1) is 0 Å². The van der Waals surface area contributed by atoms with Gasteiger partial charge in [-0.1, -0.05) is 244 Å². The highest BCUT2D eigenvalue weighted by Crippen LogP contribution is 2.16. The molecule has 0 bridgehead atoms. The number of unbranched alkanes of at least 4 members (excludes halogenated alkanes) is 37. The molecule has 0 aromatic heterocycles. The topological polar surface area (TPSA) is 78.9 Å². The van der Waals surface area contributed by atoms with Gasteiger partial charge in [0.15, 0.2) is 6.10 Å². The Morgan fingerprint density at radius 2 is 0.516 bits per heavy atom. The zero-order valence-electron chi connectivity index (χ0n) is 43.1. The Bertz CT molecular complexity index is 1040. The Labute approximate surface area is 398 Å². The standard InChI is InChI=1S/C58H108O6/c1-4-7-10-13-16-19-22-25-28-30-33-36-39-42-45-48-51-57(60)63-54-55(53-62-56(59)50-47-44-41-38-35-32-27-24-21-18-15-12-9-6-3)64-58(61)52-49-46-43-40-37-34-31-29-26-23-20-17-14-11-8-5-2/h24,27-28,30,55H,4-23,25-26,29,31-54H2,1-3H3/b27-24-,30-28-. The first-order valence-electron chi connectivity index (χ1n) is 28.3. The van der Waals surface area contributed by atoms with Gasteiger partial charge in [-0.05, 0) is 70.6 Å². The fraction of sp³-hybridized carbons (Fsp3) is 0.879. The van der Waals surface area contributed by atoms with Crippen LogP contribution in [-0.4, -0.2) is 37.2 Å². The molecule has 0 rings (SSSR count). The van der Waals surface area contributed by atoms with Crippen LogP contribution in [0.25, 0.3) is 0 Å². The molecule has 0 saturated heterocycles. The highest BCUT2D eigenvalue weighted by molar-refractivity contribution is 5.71. The average Bonchev–Trinajstić information content (AvgIpc) is 3.29. The number of rotatable bonds is 52. The van der Waals surface area contributed by atoms with Crippen molar-refractivity contribution in [2.45, 2.75) is 316 Å². The van der Waals surface area contributed by atoms with Gasteiger partial charge in [0, 0.05) is 19.3 Å². The monoisotopic (exact) mass is 901 g/mol. The maximum Gasteiger partial charge on any atom is 0.306 e. The van der Waals surface area contributed by atoms with Crippen LogP contribution < -0.4 is 0 Å². The van der Waals surface area contributed by atoms with Crippen LogP contribution in [0.1, 0.15) is 310 Å². The van der Waals surface area contributed by atoms with Crippen molar-refractivity contribution in [3.63, 3.8) is 0 Å². The Hall–Kier alpha value is -2.11. The van der Waals surface area contributed by atoms with Crippen molar-refractivity contribution in [1.82, 2.24) is 0 Å². The first kappa shape index (κ1) is 61.9. The molecule has 0 aliphatic heterocycles.